The Morgan fingerprint density at radius 2 is 1.83 bits per heavy atom. The molecule has 0 aromatic heterocycles. The van der Waals surface area contributed by atoms with Gasteiger partial charge in [-0.25, -0.2) is 0 Å². The van der Waals surface area contributed by atoms with E-state index in [0.29, 0.717) is 26.4 Å². The monoisotopic (exact) mass is 329 g/mol. The van der Waals surface area contributed by atoms with Crippen molar-refractivity contribution in [3.8, 4) is 11.5 Å². The largest absolute Gasteiger partial charge is 0.491 e. The highest BCUT2D eigenvalue weighted by Gasteiger charge is 2.05. The molecule has 0 amide bonds. The molecule has 0 saturated carbocycles. The van der Waals surface area contributed by atoms with Crippen molar-refractivity contribution in [2.45, 2.75) is 33.4 Å². The van der Waals surface area contributed by atoms with Crippen molar-refractivity contribution in [3.05, 3.63) is 54.1 Å². The van der Waals surface area contributed by atoms with Crippen molar-refractivity contribution in [2.75, 3.05) is 25.1 Å². The minimum Gasteiger partial charge on any atom is -0.491 e. The lowest BCUT2D eigenvalue weighted by atomic mass is 10.2. The highest BCUT2D eigenvalue weighted by molar-refractivity contribution is 5.49. The zero-order chi connectivity index (χ0) is 17.2. The maximum Gasteiger partial charge on any atom is 0.124 e. The summed E-state index contributed by atoms with van der Waals surface area (Å²) in [5.41, 5.74) is 2.15. The molecule has 0 aliphatic heterocycles. The maximum atomic E-state index is 5.85. The van der Waals surface area contributed by atoms with Crippen molar-refractivity contribution >= 4 is 5.69 Å². The lowest BCUT2D eigenvalue weighted by Gasteiger charge is -2.15. The van der Waals surface area contributed by atoms with Crippen molar-refractivity contribution < 1.29 is 14.2 Å². The van der Waals surface area contributed by atoms with Crippen LogP contribution in [0, 0.1) is 0 Å². The molecular formula is C20H27NO3. The van der Waals surface area contributed by atoms with Crippen molar-refractivity contribution in [3.63, 3.8) is 0 Å². The predicted octanol–water partition coefficient (Wildman–Crippen LogP) is 4.50. The molecule has 0 unspecified atom stereocenters. The van der Waals surface area contributed by atoms with Crippen LogP contribution in [0.1, 0.15) is 26.3 Å². The molecule has 2 rings (SSSR count). The molecule has 0 spiro atoms. The predicted molar refractivity (Wildman–Crippen MR) is 98.0 cm³/mol. The van der Waals surface area contributed by atoms with Crippen LogP contribution in [0.15, 0.2) is 48.5 Å². The number of rotatable bonds is 10. The van der Waals surface area contributed by atoms with Crippen LogP contribution in [0.2, 0.25) is 0 Å². The van der Waals surface area contributed by atoms with Crippen LogP contribution in [0.3, 0.4) is 0 Å². The van der Waals surface area contributed by atoms with Crippen LogP contribution < -0.4 is 14.8 Å². The van der Waals surface area contributed by atoms with E-state index >= 15 is 0 Å². The molecule has 0 atom stereocenters. The molecule has 0 radical (unpaired) electrons. The summed E-state index contributed by atoms with van der Waals surface area (Å²) in [5, 5.41) is 3.43. The van der Waals surface area contributed by atoms with E-state index in [4.69, 9.17) is 14.2 Å². The first-order valence-corrected chi connectivity index (χ1v) is 8.48. The minimum absolute atomic E-state index is 0.160. The molecule has 0 heterocycles. The molecule has 4 heteroatoms. The fraction of sp³-hybridized carbons (Fsp3) is 0.400. The number of nitrogens with one attached hydrogen (secondary N) is 1. The summed E-state index contributed by atoms with van der Waals surface area (Å²) in [6, 6.07) is 16.1. The van der Waals surface area contributed by atoms with Crippen molar-refractivity contribution in [2.24, 2.45) is 0 Å². The molecule has 0 aliphatic rings. The third-order valence-electron chi connectivity index (χ3n) is 3.35. The third kappa shape index (κ3) is 6.13. The molecule has 0 aliphatic carbocycles. The number of hydrogen-bond acceptors (Lipinski definition) is 4. The van der Waals surface area contributed by atoms with Crippen LogP contribution in [-0.2, 0) is 11.3 Å². The Morgan fingerprint density at radius 3 is 2.62 bits per heavy atom. The summed E-state index contributed by atoms with van der Waals surface area (Å²) in [6.07, 6.45) is 0.160. The van der Waals surface area contributed by atoms with E-state index < -0.39 is 0 Å². The van der Waals surface area contributed by atoms with Crippen LogP contribution in [0.4, 0.5) is 5.69 Å². The van der Waals surface area contributed by atoms with E-state index in [1.54, 1.807) is 0 Å². The first-order chi connectivity index (χ1) is 11.7. The van der Waals surface area contributed by atoms with E-state index in [1.165, 1.54) is 0 Å². The standard InChI is InChI=1S/C20H27NO3/c1-4-22-12-13-23-19-10-7-9-18(14-19)21-15-17-8-5-6-11-20(17)24-16(2)3/h5-11,14,16,21H,4,12-13,15H2,1-3H3. The first-order valence-electron chi connectivity index (χ1n) is 8.48. The zero-order valence-electron chi connectivity index (χ0n) is 14.7. The number of anilines is 1. The van der Waals surface area contributed by atoms with Gasteiger partial charge in [0.2, 0.25) is 0 Å². The van der Waals surface area contributed by atoms with Gasteiger partial charge in [0.25, 0.3) is 0 Å². The Hall–Kier alpha value is -2.20. The Balaban J connectivity index is 1.92. The summed E-state index contributed by atoms with van der Waals surface area (Å²) in [4.78, 5) is 0. The number of ether oxygens (including phenoxy) is 3. The molecule has 2 aromatic rings. The van der Waals surface area contributed by atoms with Crippen LogP contribution in [-0.4, -0.2) is 25.9 Å². The second-order valence-electron chi connectivity index (χ2n) is 5.70. The first kappa shape index (κ1) is 18.1. The maximum absolute atomic E-state index is 5.85. The van der Waals surface area contributed by atoms with Crippen molar-refractivity contribution in [1.82, 2.24) is 0 Å². The smallest absolute Gasteiger partial charge is 0.124 e. The summed E-state index contributed by atoms with van der Waals surface area (Å²) < 4.78 is 16.8. The van der Waals surface area contributed by atoms with Gasteiger partial charge >= 0.3 is 0 Å². The van der Waals surface area contributed by atoms with Gasteiger partial charge in [-0.15, -0.1) is 0 Å². The van der Waals surface area contributed by atoms with Crippen LogP contribution in [0.5, 0.6) is 11.5 Å². The lowest BCUT2D eigenvalue weighted by Crippen LogP contribution is -2.09. The van der Waals surface area contributed by atoms with Gasteiger partial charge in [0.15, 0.2) is 0 Å². The Bertz CT molecular complexity index is 613. The quantitative estimate of drug-likeness (QED) is 0.651. The van der Waals surface area contributed by atoms with E-state index in [1.807, 2.05) is 63.2 Å². The highest BCUT2D eigenvalue weighted by atomic mass is 16.5. The molecule has 24 heavy (non-hydrogen) atoms. The minimum atomic E-state index is 0.160. The molecule has 1 N–H and O–H groups in total. The number of hydrogen-bond donors (Lipinski definition) is 1. The van der Waals surface area contributed by atoms with Gasteiger partial charge < -0.3 is 19.5 Å². The lowest BCUT2D eigenvalue weighted by molar-refractivity contribution is 0.110. The zero-order valence-corrected chi connectivity index (χ0v) is 14.7. The SMILES string of the molecule is CCOCCOc1cccc(NCc2ccccc2OC(C)C)c1. The molecule has 2 aromatic carbocycles. The van der Waals surface area contributed by atoms with E-state index in [2.05, 4.69) is 11.4 Å². The van der Waals surface area contributed by atoms with Crippen molar-refractivity contribution in [1.29, 1.82) is 0 Å². The third-order valence-corrected chi connectivity index (χ3v) is 3.35. The van der Waals surface area contributed by atoms with E-state index in [0.717, 1.165) is 22.7 Å². The van der Waals surface area contributed by atoms with Gasteiger partial charge in [-0.1, -0.05) is 24.3 Å². The van der Waals surface area contributed by atoms with E-state index in [-0.39, 0.29) is 6.10 Å². The van der Waals surface area contributed by atoms with Gasteiger partial charge in [0, 0.05) is 30.5 Å². The fourth-order valence-electron chi connectivity index (χ4n) is 2.27. The molecular weight excluding hydrogens is 302 g/mol. The number of para-hydroxylation sites is 1. The van der Waals surface area contributed by atoms with Gasteiger partial charge in [-0.3, -0.25) is 0 Å². The molecule has 0 fully saturated rings. The van der Waals surface area contributed by atoms with Crippen LogP contribution in [0.25, 0.3) is 0 Å². The van der Waals surface area contributed by atoms with Gasteiger partial charge in [-0.2, -0.15) is 0 Å². The highest BCUT2D eigenvalue weighted by Crippen LogP contribution is 2.22. The molecule has 0 saturated heterocycles. The molecule has 130 valence electrons. The second-order valence-corrected chi connectivity index (χ2v) is 5.70. The topological polar surface area (TPSA) is 39.7 Å². The normalized spacial score (nSPS) is 10.7. The van der Waals surface area contributed by atoms with Gasteiger partial charge in [-0.05, 0) is 39.0 Å². The van der Waals surface area contributed by atoms with Gasteiger partial charge in [0.1, 0.15) is 18.1 Å². The molecule has 0 bridgehead atoms. The number of benzene rings is 2. The Kier molecular flexibility index (Phi) is 7.43. The van der Waals surface area contributed by atoms with Gasteiger partial charge in [0.05, 0.1) is 12.7 Å². The van der Waals surface area contributed by atoms with Crippen LogP contribution >= 0.6 is 0 Å². The van der Waals surface area contributed by atoms with E-state index in [9.17, 15) is 0 Å². The summed E-state index contributed by atoms with van der Waals surface area (Å²) in [5.74, 6) is 1.76. The molecule has 4 nitrogen and oxygen atoms in total. The Morgan fingerprint density at radius 1 is 1.00 bits per heavy atom. The Labute approximate surface area is 144 Å². The average molecular weight is 329 g/mol. The summed E-state index contributed by atoms with van der Waals surface area (Å²) in [6.45, 7) is 8.62. The fourth-order valence-corrected chi connectivity index (χ4v) is 2.27. The second kappa shape index (κ2) is 9.83. The summed E-state index contributed by atoms with van der Waals surface area (Å²) in [7, 11) is 0. The average Bonchev–Trinajstić information content (AvgIpc) is 2.58. The summed E-state index contributed by atoms with van der Waals surface area (Å²) >= 11 is 0.